The van der Waals surface area contributed by atoms with E-state index in [4.69, 9.17) is 19.1 Å². The van der Waals surface area contributed by atoms with Crippen LogP contribution in [0.15, 0.2) is 85.1 Å². The van der Waals surface area contributed by atoms with Crippen LogP contribution in [0.4, 0.5) is 0 Å². The summed E-state index contributed by atoms with van der Waals surface area (Å²) < 4.78 is 32.6. The van der Waals surface area contributed by atoms with Gasteiger partial charge in [-0.25, -0.2) is 4.57 Å². The topological polar surface area (TPSA) is 169 Å². The number of phosphoric ester groups is 1. The van der Waals surface area contributed by atoms with Crippen LogP contribution in [0.2, 0.25) is 0 Å². The number of hydrogen-bond donors (Lipinski definition) is 4. The quantitative estimate of drug-likeness (QED) is 0.0153. The fraction of sp³-hybridized carbons (Fsp3) is 0.652. The fourth-order valence-electron chi connectivity index (χ4n) is 5.19. The minimum absolute atomic E-state index is 0.0967. The molecule has 0 spiro atoms. The third kappa shape index (κ3) is 39.9. The number of allylic oxidation sites excluding steroid dienone is 12. The predicted molar refractivity (Wildman–Crippen MR) is 234 cm³/mol. The zero-order valence-corrected chi connectivity index (χ0v) is 36.5. The van der Waals surface area contributed by atoms with Gasteiger partial charge in [0.25, 0.3) is 0 Å². The Balaban J connectivity index is 4.54. The number of phosphoric acid groups is 1. The standard InChI is InChI=1S/C46H77O11P/c1-3-5-7-9-11-13-14-15-16-17-18-19-20-22-24-28-33-37-46(51)57-44(41-56-58(52,53)55-39-43(49)38-47)40-54-45(50)36-32-29-25-27-31-35-42(48)34-30-26-23-21-12-10-8-6-4-2/h11-13,15-16,18-19,21,25-27,30-31,35,42-44,47-49H,3-10,14,17,20,22-24,28-29,32-34,36-41H2,1-2H3,(H,52,53)/b13-11-,16-15-,19-18-,21-12-,27-25+,30-26-,35-31-/t42?,43-,44+/m0/s1. The van der Waals surface area contributed by atoms with Crippen LogP contribution in [0.25, 0.3) is 0 Å². The summed E-state index contributed by atoms with van der Waals surface area (Å²) in [5.41, 5.74) is 0. The molecule has 0 aliphatic heterocycles. The van der Waals surface area contributed by atoms with Crippen molar-refractivity contribution in [3.63, 3.8) is 0 Å². The van der Waals surface area contributed by atoms with E-state index in [9.17, 15) is 29.3 Å². The van der Waals surface area contributed by atoms with E-state index in [0.29, 0.717) is 25.7 Å². The number of aliphatic hydroxyl groups is 3. The van der Waals surface area contributed by atoms with Gasteiger partial charge in [-0.05, 0) is 83.5 Å². The van der Waals surface area contributed by atoms with Crippen molar-refractivity contribution in [2.24, 2.45) is 0 Å². The Kier molecular flexibility index (Phi) is 38.8. The Labute approximate surface area is 350 Å². The lowest BCUT2D eigenvalue weighted by Gasteiger charge is -2.20. The van der Waals surface area contributed by atoms with Crippen molar-refractivity contribution < 1.29 is 52.9 Å². The van der Waals surface area contributed by atoms with Gasteiger partial charge < -0.3 is 29.7 Å². The van der Waals surface area contributed by atoms with E-state index in [2.05, 4.69) is 67.0 Å². The first-order valence-corrected chi connectivity index (χ1v) is 23.1. The molecule has 12 heteroatoms. The lowest BCUT2D eigenvalue weighted by molar-refractivity contribution is -0.161. The molecule has 11 nitrogen and oxygen atoms in total. The second-order valence-corrected chi connectivity index (χ2v) is 15.7. The molecule has 0 amide bonds. The average molecular weight is 837 g/mol. The number of carbonyl (C=O) groups excluding carboxylic acids is 2. The summed E-state index contributed by atoms with van der Waals surface area (Å²) in [6.07, 6.45) is 44.3. The van der Waals surface area contributed by atoms with Crippen molar-refractivity contribution in [1.29, 1.82) is 0 Å². The summed E-state index contributed by atoms with van der Waals surface area (Å²) in [4.78, 5) is 35.0. The van der Waals surface area contributed by atoms with Crippen LogP contribution in [-0.2, 0) is 32.7 Å². The third-order valence-corrected chi connectivity index (χ3v) is 9.55. The van der Waals surface area contributed by atoms with Crippen molar-refractivity contribution in [3.05, 3.63) is 85.1 Å². The highest BCUT2D eigenvalue weighted by molar-refractivity contribution is 7.47. The van der Waals surface area contributed by atoms with Crippen molar-refractivity contribution in [1.82, 2.24) is 0 Å². The molecule has 0 bridgehead atoms. The molecule has 0 heterocycles. The smallest absolute Gasteiger partial charge is 0.462 e. The van der Waals surface area contributed by atoms with Crippen LogP contribution in [0.1, 0.15) is 149 Å². The summed E-state index contributed by atoms with van der Waals surface area (Å²) in [7, 11) is -4.66. The normalized spacial score (nSPS) is 15.2. The summed E-state index contributed by atoms with van der Waals surface area (Å²) >= 11 is 0. The number of ether oxygens (including phenoxy) is 2. The Morgan fingerprint density at radius 1 is 0.586 bits per heavy atom. The van der Waals surface area contributed by atoms with E-state index in [0.717, 1.165) is 57.8 Å². The SMILES string of the molecule is CCCCC/C=C\C/C=C\C/C=C\CCCCCCC(=O)O[C@H](COC(=O)CCC/C=C/C=C\C(O)C/C=C\C/C=C\CCCCC)COP(=O)(O)OC[C@@H](O)CO. The predicted octanol–water partition coefficient (Wildman–Crippen LogP) is 10.4. The number of unbranched alkanes of at least 4 members (excludes halogenated alkanes) is 11. The van der Waals surface area contributed by atoms with Gasteiger partial charge in [0.1, 0.15) is 12.7 Å². The van der Waals surface area contributed by atoms with E-state index in [1.165, 1.54) is 38.5 Å². The molecule has 4 atom stereocenters. The maximum atomic E-state index is 12.6. The zero-order valence-electron chi connectivity index (χ0n) is 35.6. The van der Waals surface area contributed by atoms with Gasteiger partial charge >= 0.3 is 19.8 Å². The summed E-state index contributed by atoms with van der Waals surface area (Å²) in [6.45, 7) is 2.11. The molecule has 4 N–H and O–H groups in total. The molecule has 58 heavy (non-hydrogen) atoms. The number of esters is 2. The molecule has 0 fully saturated rings. The molecule has 0 aliphatic carbocycles. The van der Waals surface area contributed by atoms with Crippen molar-refractivity contribution in [2.75, 3.05) is 26.4 Å². The summed E-state index contributed by atoms with van der Waals surface area (Å²) in [6, 6.07) is 0. The van der Waals surface area contributed by atoms with Crippen molar-refractivity contribution >= 4 is 19.8 Å². The highest BCUT2D eigenvalue weighted by Gasteiger charge is 2.27. The minimum Gasteiger partial charge on any atom is -0.462 e. The van der Waals surface area contributed by atoms with Gasteiger partial charge in [-0.2, -0.15) is 0 Å². The van der Waals surface area contributed by atoms with E-state index in [1.54, 1.807) is 12.2 Å². The highest BCUT2D eigenvalue weighted by atomic mass is 31.2. The Morgan fingerprint density at radius 3 is 1.71 bits per heavy atom. The maximum Gasteiger partial charge on any atom is 0.472 e. The Morgan fingerprint density at radius 2 is 1.10 bits per heavy atom. The second kappa shape index (κ2) is 40.9. The van der Waals surface area contributed by atoms with Crippen LogP contribution in [0, 0.1) is 0 Å². The van der Waals surface area contributed by atoms with Gasteiger partial charge in [0.05, 0.1) is 25.9 Å². The van der Waals surface area contributed by atoms with E-state index >= 15 is 0 Å². The Bertz CT molecular complexity index is 1250. The first-order valence-electron chi connectivity index (χ1n) is 21.7. The fourth-order valence-corrected chi connectivity index (χ4v) is 5.98. The first kappa shape index (κ1) is 55.1. The molecule has 332 valence electrons. The molecular weight excluding hydrogens is 759 g/mol. The molecule has 0 aromatic carbocycles. The molecule has 0 saturated heterocycles. The molecular formula is C46H77O11P. The van der Waals surface area contributed by atoms with Crippen LogP contribution < -0.4 is 0 Å². The number of carbonyl (C=O) groups is 2. The Hall–Kier alpha value is -2.89. The average Bonchev–Trinajstić information content (AvgIpc) is 3.21. The van der Waals surface area contributed by atoms with E-state index in [-0.39, 0.29) is 19.4 Å². The first-order chi connectivity index (χ1) is 28.1. The van der Waals surface area contributed by atoms with Crippen LogP contribution >= 0.6 is 7.82 Å². The van der Waals surface area contributed by atoms with Gasteiger partial charge in [0.2, 0.25) is 0 Å². The molecule has 2 unspecified atom stereocenters. The number of hydrogen-bond acceptors (Lipinski definition) is 10. The van der Waals surface area contributed by atoms with Crippen molar-refractivity contribution in [3.8, 4) is 0 Å². The molecule has 0 aromatic heterocycles. The zero-order chi connectivity index (χ0) is 42.8. The summed E-state index contributed by atoms with van der Waals surface area (Å²) in [5.74, 6) is -1.09. The van der Waals surface area contributed by atoms with Crippen LogP contribution in [0.5, 0.6) is 0 Å². The molecule has 0 saturated carbocycles. The molecule has 0 aliphatic rings. The molecule has 0 aromatic rings. The van der Waals surface area contributed by atoms with Gasteiger partial charge in [-0.3, -0.25) is 18.6 Å². The molecule has 0 rings (SSSR count). The van der Waals surface area contributed by atoms with E-state index in [1.807, 2.05) is 24.3 Å². The third-order valence-electron chi connectivity index (χ3n) is 8.60. The van der Waals surface area contributed by atoms with Gasteiger partial charge in [0, 0.05) is 12.8 Å². The highest BCUT2D eigenvalue weighted by Crippen LogP contribution is 2.43. The van der Waals surface area contributed by atoms with Gasteiger partial charge in [-0.1, -0.05) is 137 Å². The van der Waals surface area contributed by atoms with Crippen LogP contribution in [-0.4, -0.2) is 76.9 Å². The lowest BCUT2D eigenvalue weighted by Crippen LogP contribution is -2.29. The minimum atomic E-state index is -4.66. The van der Waals surface area contributed by atoms with Gasteiger partial charge in [0.15, 0.2) is 6.10 Å². The largest absolute Gasteiger partial charge is 0.472 e. The van der Waals surface area contributed by atoms with E-state index < -0.39 is 57.9 Å². The van der Waals surface area contributed by atoms with Crippen molar-refractivity contribution in [2.45, 2.75) is 167 Å². The molecule has 0 radical (unpaired) electrons. The van der Waals surface area contributed by atoms with Gasteiger partial charge in [-0.15, -0.1) is 0 Å². The van der Waals surface area contributed by atoms with Crippen LogP contribution in [0.3, 0.4) is 0 Å². The number of aliphatic hydroxyl groups excluding tert-OH is 3. The summed E-state index contributed by atoms with van der Waals surface area (Å²) in [5, 5.41) is 28.4. The second-order valence-electron chi connectivity index (χ2n) is 14.2. The lowest BCUT2D eigenvalue weighted by atomic mass is 10.1. The monoisotopic (exact) mass is 837 g/mol. The maximum absolute atomic E-state index is 12.6. The number of rotatable bonds is 39.